The highest BCUT2D eigenvalue weighted by Crippen LogP contribution is 2.42. The summed E-state index contributed by atoms with van der Waals surface area (Å²) in [5.41, 5.74) is 7.84. The number of anilines is 3. The zero-order valence-corrected chi connectivity index (χ0v) is 42.9. The molecule has 0 amide bonds. The fraction of sp³-hybridized carbons (Fsp3) is 0. The van der Waals surface area contributed by atoms with Gasteiger partial charge in [-0.3, -0.25) is 9.30 Å². The molecule has 5 heterocycles. The number of hydrogen-bond donors (Lipinski definition) is 0. The molecule has 0 bridgehead atoms. The summed E-state index contributed by atoms with van der Waals surface area (Å²) in [6.45, 7) is 0. The molecular formula is C68H47N5Si2. The molecule has 7 heteroatoms. The lowest BCUT2D eigenvalue weighted by Gasteiger charge is -2.45. The van der Waals surface area contributed by atoms with Gasteiger partial charge in [0.1, 0.15) is 11.5 Å². The molecule has 4 aromatic heterocycles. The quantitative estimate of drug-likeness (QED) is 0.0865. The Kier molecular flexibility index (Phi) is 9.85. The first-order chi connectivity index (χ1) is 37.2. The van der Waals surface area contributed by atoms with Crippen molar-refractivity contribution in [1.82, 2.24) is 18.9 Å². The van der Waals surface area contributed by atoms with Crippen LogP contribution < -0.4 is 46.4 Å². The minimum Gasteiger partial charge on any atom is -0.309 e. The molecule has 0 saturated carbocycles. The van der Waals surface area contributed by atoms with Gasteiger partial charge in [-0.1, -0.05) is 218 Å². The SMILES string of the molecule is c1ccc(-n2c3ccccc3c3ccc4c(c32)[Si](c2ccccc2)(c2ccccc2)c2cccnc2N4c2cccc([Si](c3ccccc3)(c3ccccc3)c3ccc4c5ccccc5n5ccnc5c4c3)c2)cc1. The van der Waals surface area contributed by atoms with E-state index < -0.39 is 16.1 Å². The molecule has 75 heavy (non-hydrogen) atoms. The van der Waals surface area contributed by atoms with Crippen LogP contribution in [0.4, 0.5) is 17.2 Å². The zero-order chi connectivity index (χ0) is 49.5. The van der Waals surface area contributed by atoms with Gasteiger partial charge in [-0.15, -0.1) is 0 Å². The second-order valence-electron chi connectivity index (χ2n) is 19.7. The third-order valence-corrected chi connectivity index (χ3v) is 25.6. The molecule has 15 rings (SSSR count). The van der Waals surface area contributed by atoms with E-state index in [9.17, 15) is 0 Å². The zero-order valence-electron chi connectivity index (χ0n) is 40.9. The standard InChI is InChI=1S/C68H47N5Si2/c1-6-22-48(23-7-1)72-62-37-19-17-35-58(62)59-41-42-63-66(65(59)72)75(52-29-12-4-13-30-52,53-31-14-5-15-32-53)64-38-21-43-69-68(64)73(63)49-24-20-33-54(46-49)74(50-25-8-2-9-26-50,51-27-10-3-11-28-51)55-39-40-56-57-34-16-18-36-61(57)71-45-44-70-67(71)60(56)47-55/h1-47H. The Labute approximate surface area is 436 Å². The van der Waals surface area contributed by atoms with Crippen LogP contribution in [0.2, 0.25) is 0 Å². The van der Waals surface area contributed by atoms with Crippen molar-refractivity contribution in [3.8, 4) is 5.69 Å². The van der Waals surface area contributed by atoms with Gasteiger partial charge in [-0.05, 0) is 90.2 Å². The number of fused-ring (bicyclic) bond motifs is 12. The van der Waals surface area contributed by atoms with Crippen molar-refractivity contribution in [2.24, 2.45) is 0 Å². The molecule has 352 valence electrons. The van der Waals surface area contributed by atoms with E-state index >= 15 is 0 Å². The molecule has 0 atom stereocenters. The largest absolute Gasteiger partial charge is 0.309 e. The fourth-order valence-electron chi connectivity index (χ4n) is 13.0. The highest BCUT2D eigenvalue weighted by atomic mass is 28.3. The molecule has 0 unspecified atom stereocenters. The average Bonchev–Trinajstić information content (AvgIpc) is 4.15. The summed E-state index contributed by atoms with van der Waals surface area (Å²) in [6.07, 6.45) is 6.01. The van der Waals surface area contributed by atoms with Crippen LogP contribution in [-0.2, 0) is 0 Å². The lowest BCUT2D eigenvalue weighted by molar-refractivity contribution is 1.17. The maximum absolute atomic E-state index is 5.53. The van der Waals surface area contributed by atoms with Gasteiger partial charge in [-0.2, -0.15) is 0 Å². The second-order valence-corrected chi connectivity index (χ2v) is 27.2. The van der Waals surface area contributed by atoms with Crippen LogP contribution in [0.5, 0.6) is 0 Å². The predicted molar refractivity (Wildman–Crippen MR) is 318 cm³/mol. The van der Waals surface area contributed by atoms with Crippen molar-refractivity contribution in [2.75, 3.05) is 4.90 Å². The lowest BCUT2D eigenvalue weighted by atomic mass is 10.1. The van der Waals surface area contributed by atoms with Crippen LogP contribution in [-0.4, -0.2) is 35.1 Å². The number of para-hydroxylation sites is 3. The van der Waals surface area contributed by atoms with Crippen LogP contribution in [0.3, 0.4) is 0 Å². The summed E-state index contributed by atoms with van der Waals surface area (Å²) in [6, 6.07) is 99.8. The number of rotatable bonds is 8. The Morgan fingerprint density at radius 1 is 0.373 bits per heavy atom. The van der Waals surface area contributed by atoms with Crippen molar-refractivity contribution in [3.05, 3.63) is 286 Å². The van der Waals surface area contributed by atoms with Gasteiger partial charge in [-0.25, -0.2) is 9.97 Å². The highest BCUT2D eigenvalue weighted by molar-refractivity contribution is 7.22. The first kappa shape index (κ1) is 43.2. The second kappa shape index (κ2) is 17.1. The molecule has 5 nitrogen and oxygen atoms in total. The Morgan fingerprint density at radius 2 is 0.933 bits per heavy atom. The molecule has 0 spiro atoms. The molecule has 0 saturated heterocycles. The molecule has 0 radical (unpaired) electrons. The first-order valence-corrected chi connectivity index (χ1v) is 29.7. The number of benzene rings is 10. The third kappa shape index (κ3) is 6.23. The molecule has 0 fully saturated rings. The topological polar surface area (TPSA) is 38.4 Å². The van der Waals surface area contributed by atoms with Gasteiger partial charge < -0.3 is 4.57 Å². The highest BCUT2D eigenvalue weighted by Gasteiger charge is 2.52. The van der Waals surface area contributed by atoms with Crippen LogP contribution in [0, 0.1) is 0 Å². The number of pyridine rings is 2. The Hall–Kier alpha value is -9.41. The van der Waals surface area contributed by atoms with E-state index in [1.54, 1.807) is 0 Å². The van der Waals surface area contributed by atoms with Crippen LogP contribution in [0.15, 0.2) is 286 Å². The minimum atomic E-state index is -3.24. The third-order valence-electron chi connectivity index (χ3n) is 16.0. The van der Waals surface area contributed by atoms with E-state index in [1.807, 2.05) is 12.4 Å². The van der Waals surface area contributed by atoms with E-state index in [1.165, 1.54) is 74.1 Å². The maximum Gasteiger partial charge on any atom is 0.188 e. The number of aromatic nitrogens is 4. The lowest BCUT2D eigenvalue weighted by Crippen LogP contribution is -2.77. The minimum absolute atomic E-state index is 0.953. The number of nitrogens with zero attached hydrogens (tertiary/aromatic N) is 5. The Morgan fingerprint density at radius 3 is 1.63 bits per heavy atom. The first-order valence-electron chi connectivity index (χ1n) is 25.7. The van der Waals surface area contributed by atoms with Crippen molar-refractivity contribution >= 4 is 124 Å². The molecule has 1 aliphatic heterocycles. The van der Waals surface area contributed by atoms with Crippen molar-refractivity contribution in [1.29, 1.82) is 0 Å². The molecular weight excluding hydrogens is 943 g/mol. The molecule has 0 N–H and O–H groups in total. The summed E-state index contributed by atoms with van der Waals surface area (Å²) in [4.78, 5) is 13.1. The predicted octanol–water partition coefficient (Wildman–Crippen LogP) is 10.7. The van der Waals surface area contributed by atoms with Gasteiger partial charge in [0, 0.05) is 56.7 Å². The summed E-state index contributed by atoms with van der Waals surface area (Å²) >= 11 is 0. The van der Waals surface area contributed by atoms with E-state index in [-0.39, 0.29) is 0 Å². The summed E-state index contributed by atoms with van der Waals surface area (Å²) in [5.74, 6) is 0.953. The van der Waals surface area contributed by atoms with Crippen molar-refractivity contribution in [3.63, 3.8) is 0 Å². The van der Waals surface area contributed by atoms with Gasteiger partial charge >= 0.3 is 0 Å². The summed E-state index contributed by atoms with van der Waals surface area (Å²) in [5, 5.41) is 16.4. The van der Waals surface area contributed by atoms with E-state index in [2.05, 4.69) is 287 Å². The van der Waals surface area contributed by atoms with Crippen molar-refractivity contribution < 1.29 is 0 Å². The van der Waals surface area contributed by atoms with Gasteiger partial charge in [0.15, 0.2) is 16.1 Å². The fourth-order valence-corrected chi connectivity index (χ4v) is 23.0. The van der Waals surface area contributed by atoms with Gasteiger partial charge in [0.25, 0.3) is 0 Å². The Bertz CT molecular complexity index is 4400. The summed E-state index contributed by atoms with van der Waals surface area (Å²) in [7, 11) is -6.40. The van der Waals surface area contributed by atoms with Crippen LogP contribution in [0.25, 0.3) is 54.8 Å². The van der Waals surface area contributed by atoms with E-state index in [0.717, 1.165) is 39.4 Å². The molecule has 0 aliphatic carbocycles. The van der Waals surface area contributed by atoms with Crippen LogP contribution in [0.1, 0.15) is 0 Å². The molecule has 10 aromatic carbocycles. The maximum atomic E-state index is 5.53. The molecule has 14 aromatic rings. The smallest absolute Gasteiger partial charge is 0.188 e. The van der Waals surface area contributed by atoms with Gasteiger partial charge in [0.05, 0.1) is 22.2 Å². The van der Waals surface area contributed by atoms with E-state index in [0.29, 0.717) is 0 Å². The average molecular weight is 990 g/mol. The number of imidazole rings is 1. The molecule has 1 aliphatic rings. The Balaban J connectivity index is 1.07. The van der Waals surface area contributed by atoms with Gasteiger partial charge in [0.2, 0.25) is 0 Å². The normalized spacial score (nSPS) is 13.1. The number of hydrogen-bond acceptors (Lipinski definition) is 3. The monoisotopic (exact) mass is 989 g/mol. The van der Waals surface area contributed by atoms with Crippen molar-refractivity contribution in [2.45, 2.75) is 0 Å². The summed E-state index contributed by atoms with van der Waals surface area (Å²) < 4.78 is 4.78. The van der Waals surface area contributed by atoms with E-state index in [4.69, 9.17) is 9.97 Å². The van der Waals surface area contributed by atoms with Crippen LogP contribution >= 0.6 is 0 Å².